The van der Waals surface area contributed by atoms with Gasteiger partial charge in [0.15, 0.2) is 0 Å². The molecular formula is C14H27N3O. The minimum Gasteiger partial charge on any atom is -0.352 e. The molecule has 0 spiro atoms. The highest BCUT2D eigenvalue weighted by Gasteiger charge is 2.23. The third-order valence-electron chi connectivity index (χ3n) is 4.36. The van der Waals surface area contributed by atoms with Gasteiger partial charge in [-0.1, -0.05) is 0 Å². The number of carbonyl (C=O) groups is 1. The zero-order valence-corrected chi connectivity index (χ0v) is 11.5. The summed E-state index contributed by atoms with van der Waals surface area (Å²) in [5.41, 5.74) is 5.89. The quantitative estimate of drug-likeness (QED) is 0.792. The van der Waals surface area contributed by atoms with Crippen molar-refractivity contribution in [3.63, 3.8) is 0 Å². The highest BCUT2D eigenvalue weighted by Crippen LogP contribution is 2.25. The molecule has 4 nitrogen and oxygen atoms in total. The average molecular weight is 253 g/mol. The molecule has 1 saturated carbocycles. The molecule has 0 aromatic heterocycles. The molecule has 1 heterocycles. The summed E-state index contributed by atoms with van der Waals surface area (Å²) in [4.78, 5) is 14.3. The van der Waals surface area contributed by atoms with Crippen LogP contribution in [0.3, 0.4) is 0 Å². The summed E-state index contributed by atoms with van der Waals surface area (Å²) in [7, 11) is 2.13. The molecule has 0 aromatic carbocycles. The second-order valence-corrected chi connectivity index (χ2v) is 6.15. The lowest BCUT2D eigenvalue weighted by atomic mass is 9.84. The van der Waals surface area contributed by atoms with E-state index in [-0.39, 0.29) is 5.91 Å². The van der Waals surface area contributed by atoms with Crippen LogP contribution in [0.1, 0.15) is 44.9 Å². The Morgan fingerprint density at radius 2 is 2.00 bits per heavy atom. The molecule has 104 valence electrons. The molecule has 1 saturated heterocycles. The highest BCUT2D eigenvalue weighted by molar-refractivity contribution is 5.76. The van der Waals surface area contributed by atoms with Gasteiger partial charge in [-0.15, -0.1) is 0 Å². The molecule has 18 heavy (non-hydrogen) atoms. The number of likely N-dealkylation sites (N-methyl/N-ethyl adjacent to an activating group) is 1. The van der Waals surface area contributed by atoms with E-state index in [0.29, 0.717) is 24.4 Å². The van der Waals surface area contributed by atoms with Gasteiger partial charge >= 0.3 is 0 Å². The van der Waals surface area contributed by atoms with Gasteiger partial charge in [-0.05, 0) is 58.0 Å². The zero-order valence-electron chi connectivity index (χ0n) is 11.5. The summed E-state index contributed by atoms with van der Waals surface area (Å²) in [6.07, 6.45) is 7.45. The first-order valence-electron chi connectivity index (χ1n) is 7.37. The minimum atomic E-state index is 0.246. The average Bonchev–Trinajstić information content (AvgIpc) is 2.32. The van der Waals surface area contributed by atoms with E-state index >= 15 is 0 Å². The number of likely N-dealkylation sites (tertiary alicyclic amines) is 1. The van der Waals surface area contributed by atoms with Crippen molar-refractivity contribution < 1.29 is 4.79 Å². The Kier molecular flexibility index (Phi) is 5.01. The molecule has 1 unspecified atom stereocenters. The molecule has 0 radical (unpaired) electrons. The smallest absolute Gasteiger partial charge is 0.220 e. The summed E-state index contributed by atoms with van der Waals surface area (Å²) in [6.45, 7) is 2.16. The largest absolute Gasteiger partial charge is 0.352 e. The molecule has 3 N–H and O–H groups in total. The molecule has 4 heteroatoms. The Bertz CT molecular complexity index is 274. The lowest BCUT2D eigenvalue weighted by Crippen LogP contribution is -2.46. The summed E-state index contributed by atoms with van der Waals surface area (Å²) < 4.78 is 0. The SMILES string of the molecule is CN1CCCC(NC(=O)CC2CCC(N)CC2)C1. The predicted octanol–water partition coefficient (Wildman–Crippen LogP) is 1.10. The van der Waals surface area contributed by atoms with Gasteiger partial charge in [0.1, 0.15) is 0 Å². The predicted molar refractivity (Wildman–Crippen MR) is 73.2 cm³/mol. The maximum atomic E-state index is 12.0. The molecule has 1 atom stereocenters. The maximum absolute atomic E-state index is 12.0. The maximum Gasteiger partial charge on any atom is 0.220 e. The molecular weight excluding hydrogens is 226 g/mol. The second-order valence-electron chi connectivity index (χ2n) is 6.15. The molecule has 0 aromatic rings. The summed E-state index contributed by atoms with van der Waals surface area (Å²) in [5.74, 6) is 0.807. The summed E-state index contributed by atoms with van der Waals surface area (Å²) >= 11 is 0. The van der Waals surface area contributed by atoms with Gasteiger partial charge < -0.3 is 16.0 Å². The fourth-order valence-electron chi connectivity index (χ4n) is 3.23. The monoisotopic (exact) mass is 253 g/mol. The number of rotatable bonds is 3. The van der Waals surface area contributed by atoms with E-state index < -0.39 is 0 Å². The molecule has 2 aliphatic rings. The van der Waals surface area contributed by atoms with Crippen molar-refractivity contribution in [2.75, 3.05) is 20.1 Å². The van der Waals surface area contributed by atoms with E-state index in [4.69, 9.17) is 5.73 Å². The van der Waals surface area contributed by atoms with Gasteiger partial charge in [0.05, 0.1) is 0 Å². The van der Waals surface area contributed by atoms with Crippen molar-refractivity contribution in [3.05, 3.63) is 0 Å². The third-order valence-corrected chi connectivity index (χ3v) is 4.36. The van der Waals surface area contributed by atoms with Gasteiger partial charge in [-0.25, -0.2) is 0 Å². The van der Waals surface area contributed by atoms with Crippen LogP contribution in [-0.2, 0) is 4.79 Å². The van der Waals surface area contributed by atoms with Crippen molar-refractivity contribution in [2.24, 2.45) is 11.7 Å². The first-order valence-corrected chi connectivity index (χ1v) is 7.37. The van der Waals surface area contributed by atoms with Crippen LogP contribution in [0.2, 0.25) is 0 Å². The molecule has 1 amide bonds. The van der Waals surface area contributed by atoms with E-state index in [1.165, 1.54) is 6.42 Å². The number of carbonyl (C=O) groups excluding carboxylic acids is 1. The molecule has 1 aliphatic heterocycles. The van der Waals surface area contributed by atoms with Crippen LogP contribution in [0.4, 0.5) is 0 Å². The molecule has 2 rings (SSSR count). The fourth-order valence-corrected chi connectivity index (χ4v) is 3.23. The number of piperidine rings is 1. The summed E-state index contributed by atoms with van der Waals surface area (Å²) in [5, 5.41) is 3.20. The van der Waals surface area contributed by atoms with Crippen LogP contribution in [0.25, 0.3) is 0 Å². The van der Waals surface area contributed by atoms with E-state index in [1.54, 1.807) is 0 Å². The molecule has 1 aliphatic carbocycles. The van der Waals surface area contributed by atoms with Gasteiger partial charge in [0, 0.05) is 25.0 Å². The van der Waals surface area contributed by atoms with E-state index in [0.717, 1.165) is 45.2 Å². The number of amides is 1. The van der Waals surface area contributed by atoms with Gasteiger partial charge in [-0.3, -0.25) is 4.79 Å². The van der Waals surface area contributed by atoms with Crippen LogP contribution in [0, 0.1) is 5.92 Å². The van der Waals surface area contributed by atoms with E-state index in [1.807, 2.05) is 0 Å². The minimum absolute atomic E-state index is 0.246. The van der Waals surface area contributed by atoms with Gasteiger partial charge in [-0.2, -0.15) is 0 Å². The van der Waals surface area contributed by atoms with E-state index in [9.17, 15) is 4.79 Å². The van der Waals surface area contributed by atoms with Crippen LogP contribution in [0.5, 0.6) is 0 Å². The number of hydrogen-bond donors (Lipinski definition) is 2. The van der Waals surface area contributed by atoms with Crippen LogP contribution >= 0.6 is 0 Å². The highest BCUT2D eigenvalue weighted by atomic mass is 16.1. The Morgan fingerprint density at radius 3 is 2.67 bits per heavy atom. The zero-order chi connectivity index (χ0) is 13.0. The Balaban J connectivity index is 1.68. The first-order chi connectivity index (χ1) is 8.63. The van der Waals surface area contributed by atoms with Crippen molar-refractivity contribution in [1.29, 1.82) is 0 Å². The first kappa shape index (κ1) is 13.8. The summed E-state index contributed by atoms with van der Waals surface area (Å²) in [6, 6.07) is 0.735. The number of hydrogen-bond acceptors (Lipinski definition) is 3. The Morgan fingerprint density at radius 1 is 1.28 bits per heavy atom. The standard InChI is InChI=1S/C14H27N3O/c1-17-8-2-3-13(10-17)16-14(18)9-11-4-6-12(15)7-5-11/h11-13H,2-10,15H2,1H3,(H,16,18). The number of nitrogens with one attached hydrogen (secondary N) is 1. The van der Waals surface area contributed by atoms with Crippen LogP contribution < -0.4 is 11.1 Å². The van der Waals surface area contributed by atoms with Crippen molar-refractivity contribution in [3.8, 4) is 0 Å². The number of nitrogens with two attached hydrogens (primary N) is 1. The van der Waals surface area contributed by atoms with Crippen molar-refractivity contribution >= 4 is 5.91 Å². The lowest BCUT2D eigenvalue weighted by Gasteiger charge is -2.31. The van der Waals surface area contributed by atoms with Crippen molar-refractivity contribution in [1.82, 2.24) is 10.2 Å². The Hall–Kier alpha value is -0.610. The third kappa shape index (κ3) is 4.25. The lowest BCUT2D eigenvalue weighted by molar-refractivity contribution is -0.123. The van der Waals surface area contributed by atoms with Crippen LogP contribution in [0.15, 0.2) is 0 Å². The van der Waals surface area contributed by atoms with Gasteiger partial charge in [0.2, 0.25) is 5.91 Å². The normalized spacial score (nSPS) is 34.2. The van der Waals surface area contributed by atoms with Crippen LogP contribution in [-0.4, -0.2) is 43.0 Å². The molecule has 2 fully saturated rings. The topological polar surface area (TPSA) is 58.4 Å². The van der Waals surface area contributed by atoms with Gasteiger partial charge in [0.25, 0.3) is 0 Å². The fraction of sp³-hybridized carbons (Fsp3) is 0.929. The Labute approximate surface area is 110 Å². The number of nitrogens with zero attached hydrogens (tertiary/aromatic N) is 1. The molecule has 0 bridgehead atoms. The second kappa shape index (κ2) is 6.53. The van der Waals surface area contributed by atoms with E-state index in [2.05, 4.69) is 17.3 Å². The van der Waals surface area contributed by atoms with Crippen molar-refractivity contribution in [2.45, 2.75) is 57.0 Å².